The van der Waals surface area contributed by atoms with Crippen LogP contribution in [0, 0.1) is 11.8 Å². The van der Waals surface area contributed by atoms with Crippen molar-refractivity contribution < 1.29 is 4.79 Å². The zero-order valence-electron chi connectivity index (χ0n) is 7.64. The molecule has 1 aliphatic rings. The van der Waals surface area contributed by atoms with Crippen LogP contribution in [0.25, 0.3) is 0 Å². The molecule has 70 valence electrons. The van der Waals surface area contributed by atoms with Crippen LogP contribution in [0.3, 0.4) is 0 Å². The van der Waals surface area contributed by atoms with Gasteiger partial charge < -0.3 is 0 Å². The maximum atomic E-state index is 11.4. The van der Waals surface area contributed by atoms with Gasteiger partial charge in [0, 0.05) is 17.5 Å². The number of benzene rings is 1. The Morgan fingerprint density at radius 1 is 1.36 bits per heavy atom. The number of alkyl halides is 1. The van der Waals surface area contributed by atoms with Crippen molar-refractivity contribution in [1.82, 2.24) is 0 Å². The standard InChI is InChI=1S/C12H9BrO/c13-7-1-2-9-3-4-10-5-6-12(14)11(10)8-9/h3-4,8H,5-7H2. The summed E-state index contributed by atoms with van der Waals surface area (Å²) in [5.41, 5.74) is 2.96. The molecule has 0 bridgehead atoms. The van der Waals surface area contributed by atoms with E-state index >= 15 is 0 Å². The van der Waals surface area contributed by atoms with Gasteiger partial charge in [-0.15, -0.1) is 0 Å². The van der Waals surface area contributed by atoms with Gasteiger partial charge in [0.2, 0.25) is 0 Å². The highest BCUT2D eigenvalue weighted by molar-refractivity contribution is 9.09. The summed E-state index contributed by atoms with van der Waals surface area (Å²) in [7, 11) is 0. The molecular formula is C12H9BrO. The molecule has 0 heterocycles. The second-order valence-electron chi connectivity index (χ2n) is 3.23. The topological polar surface area (TPSA) is 17.1 Å². The fourth-order valence-electron chi connectivity index (χ4n) is 1.65. The molecule has 0 fully saturated rings. The van der Waals surface area contributed by atoms with Crippen LogP contribution in [0.15, 0.2) is 18.2 Å². The molecule has 0 spiro atoms. The molecular weight excluding hydrogens is 240 g/mol. The summed E-state index contributed by atoms with van der Waals surface area (Å²) in [5, 5.41) is 0.665. The van der Waals surface area contributed by atoms with E-state index in [2.05, 4.69) is 27.8 Å². The Hall–Kier alpha value is -1.07. The Bertz CT molecular complexity index is 437. The molecule has 0 saturated carbocycles. The number of ketones is 1. The van der Waals surface area contributed by atoms with Gasteiger partial charge in [-0.2, -0.15) is 0 Å². The van der Waals surface area contributed by atoms with Gasteiger partial charge in [-0.25, -0.2) is 0 Å². The van der Waals surface area contributed by atoms with Crippen molar-refractivity contribution in [3.05, 3.63) is 34.9 Å². The van der Waals surface area contributed by atoms with Crippen molar-refractivity contribution in [2.24, 2.45) is 0 Å². The van der Waals surface area contributed by atoms with Gasteiger partial charge in [0.1, 0.15) is 0 Å². The van der Waals surface area contributed by atoms with Gasteiger partial charge in [-0.1, -0.05) is 33.8 Å². The zero-order chi connectivity index (χ0) is 9.97. The number of rotatable bonds is 0. The molecule has 2 heteroatoms. The van der Waals surface area contributed by atoms with E-state index in [0.717, 1.165) is 17.5 Å². The second kappa shape index (κ2) is 3.98. The number of aryl methyl sites for hydroxylation is 1. The van der Waals surface area contributed by atoms with Crippen LogP contribution in [0.2, 0.25) is 0 Å². The van der Waals surface area contributed by atoms with E-state index in [1.54, 1.807) is 0 Å². The van der Waals surface area contributed by atoms with Gasteiger partial charge in [-0.05, 0) is 24.1 Å². The van der Waals surface area contributed by atoms with Crippen molar-refractivity contribution in [2.75, 3.05) is 5.33 Å². The van der Waals surface area contributed by atoms with Crippen LogP contribution in [0.5, 0.6) is 0 Å². The van der Waals surface area contributed by atoms with Crippen LogP contribution < -0.4 is 0 Å². The Balaban J connectivity index is 2.39. The first-order valence-electron chi connectivity index (χ1n) is 4.52. The molecule has 1 aliphatic carbocycles. The first-order valence-corrected chi connectivity index (χ1v) is 5.64. The third kappa shape index (κ3) is 1.73. The molecule has 14 heavy (non-hydrogen) atoms. The molecule has 0 aliphatic heterocycles. The number of fused-ring (bicyclic) bond motifs is 1. The molecule has 2 rings (SSSR count). The summed E-state index contributed by atoms with van der Waals surface area (Å²) in [6, 6.07) is 5.89. The summed E-state index contributed by atoms with van der Waals surface area (Å²) >= 11 is 3.24. The fourth-order valence-corrected chi connectivity index (χ4v) is 1.79. The molecule has 0 N–H and O–H groups in total. The quantitative estimate of drug-likeness (QED) is 0.510. The number of Topliss-reactive ketones (excluding diaryl/α,β-unsaturated/α-hetero) is 1. The minimum Gasteiger partial charge on any atom is -0.294 e. The predicted molar refractivity (Wildman–Crippen MR) is 59.8 cm³/mol. The molecule has 0 unspecified atom stereocenters. The van der Waals surface area contributed by atoms with Crippen LogP contribution in [0.1, 0.15) is 27.9 Å². The van der Waals surface area contributed by atoms with Gasteiger partial charge >= 0.3 is 0 Å². The summed E-state index contributed by atoms with van der Waals surface area (Å²) in [6.45, 7) is 0. The van der Waals surface area contributed by atoms with Gasteiger partial charge in [0.05, 0.1) is 5.33 Å². The van der Waals surface area contributed by atoms with Gasteiger partial charge in [0.15, 0.2) is 5.78 Å². The highest BCUT2D eigenvalue weighted by atomic mass is 79.9. The molecule has 1 nitrogen and oxygen atoms in total. The van der Waals surface area contributed by atoms with E-state index in [4.69, 9.17) is 0 Å². The van der Waals surface area contributed by atoms with E-state index in [9.17, 15) is 4.79 Å². The van der Waals surface area contributed by atoms with Crippen LogP contribution >= 0.6 is 15.9 Å². The molecule has 1 aromatic rings. The summed E-state index contributed by atoms with van der Waals surface area (Å²) < 4.78 is 0. The van der Waals surface area contributed by atoms with E-state index in [0.29, 0.717) is 11.8 Å². The van der Waals surface area contributed by atoms with Crippen molar-refractivity contribution in [1.29, 1.82) is 0 Å². The van der Waals surface area contributed by atoms with Crippen molar-refractivity contribution in [2.45, 2.75) is 12.8 Å². The minimum atomic E-state index is 0.252. The van der Waals surface area contributed by atoms with Crippen molar-refractivity contribution in [3.8, 4) is 11.8 Å². The lowest BCUT2D eigenvalue weighted by atomic mass is 10.1. The molecule has 0 amide bonds. The number of carbonyl (C=O) groups is 1. The largest absolute Gasteiger partial charge is 0.294 e. The van der Waals surface area contributed by atoms with Crippen molar-refractivity contribution >= 4 is 21.7 Å². The third-order valence-electron chi connectivity index (χ3n) is 2.33. The lowest BCUT2D eigenvalue weighted by Crippen LogP contribution is -1.91. The number of hydrogen-bond acceptors (Lipinski definition) is 1. The minimum absolute atomic E-state index is 0.252. The number of halogens is 1. The third-order valence-corrected chi connectivity index (χ3v) is 2.61. The summed E-state index contributed by atoms with van der Waals surface area (Å²) in [6.07, 6.45) is 1.55. The maximum Gasteiger partial charge on any atom is 0.163 e. The van der Waals surface area contributed by atoms with E-state index in [-0.39, 0.29) is 5.78 Å². The second-order valence-corrected chi connectivity index (χ2v) is 3.79. The van der Waals surface area contributed by atoms with Crippen LogP contribution in [-0.2, 0) is 6.42 Å². The van der Waals surface area contributed by atoms with Crippen molar-refractivity contribution in [3.63, 3.8) is 0 Å². The highest BCUT2D eigenvalue weighted by Crippen LogP contribution is 2.22. The lowest BCUT2D eigenvalue weighted by Gasteiger charge is -1.97. The average Bonchev–Trinajstić information content (AvgIpc) is 2.57. The normalized spacial score (nSPS) is 13.4. The Kier molecular flexibility index (Phi) is 2.69. The van der Waals surface area contributed by atoms with E-state index < -0.39 is 0 Å². The monoisotopic (exact) mass is 248 g/mol. The number of carbonyl (C=O) groups excluding carboxylic acids is 1. The smallest absolute Gasteiger partial charge is 0.163 e. The van der Waals surface area contributed by atoms with Crippen LogP contribution in [0.4, 0.5) is 0 Å². The van der Waals surface area contributed by atoms with Crippen LogP contribution in [-0.4, -0.2) is 11.1 Å². The molecule has 0 aromatic heterocycles. The molecule has 0 radical (unpaired) electrons. The van der Waals surface area contributed by atoms with E-state index in [1.165, 1.54) is 5.56 Å². The Morgan fingerprint density at radius 3 is 3.00 bits per heavy atom. The molecule has 1 aromatic carbocycles. The Morgan fingerprint density at radius 2 is 2.21 bits per heavy atom. The summed E-state index contributed by atoms with van der Waals surface area (Å²) in [4.78, 5) is 11.4. The maximum absolute atomic E-state index is 11.4. The molecule has 0 atom stereocenters. The predicted octanol–water partition coefficient (Wildman–Crippen LogP) is 2.56. The van der Waals surface area contributed by atoms with Gasteiger partial charge in [0.25, 0.3) is 0 Å². The lowest BCUT2D eigenvalue weighted by molar-refractivity contribution is 0.0994. The van der Waals surface area contributed by atoms with Gasteiger partial charge in [-0.3, -0.25) is 4.79 Å². The van der Waals surface area contributed by atoms with E-state index in [1.807, 2.05) is 18.2 Å². The Labute approximate surface area is 91.6 Å². The first-order chi connectivity index (χ1) is 6.81. The highest BCUT2D eigenvalue weighted by Gasteiger charge is 2.18. The summed E-state index contributed by atoms with van der Waals surface area (Å²) in [5.74, 6) is 6.17. The fraction of sp³-hybridized carbons (Fsp3) is 0.250. The SMILES string of the molecule is O=C1CCc2ccc(C#CCBr)cc21. The first kappa shape index (κ1) is 9.48. The zero-order valence-corrected chi connectivity index (χ0v) is 9.23. The molecule has 0 saturated heterocycles. The average molecular weight is 249 g/mol. The number of hydrogen-bond donors (Lipinski definition) is 0.